The largest absolute Gasteiger partial charge is 0.135 e. The lowest BCUT2D eigenvalue weighted by atomic mass is 9.95. The summed E-state index contributed by atoms with van der Waals surface area (Å²) >= 11 is 1.86. The molecule has 0 aliphatic heterocycles. The zero-order chi connectivity index (χ0) is 19.2. The number of benzene rings is 6. The Kier molecular flexibility index (Phi) is 3.75. The van der Waals surface area contributed by atoms with E-state index in [2.05, 4.69) is 109 Å². The lowest BCUT2D eigenvalue weighted by Gasteiger charge is -2.09. The van der Waals surface area contributed by atoms with Gasteiger partial charge in [-0.3, -0.25) is 0 Å². The van der Waals surface area contributed by atoms with Gasteiger partial charge in [-0.1, -0.05) is 97.1 Å². The van der Waals surface area contributed by atoms with Gasteiger partial charge in [0.05, 0.1) is 0 Å². The van der Waals surface area contributed by atoms with Gasteiger partial charge < -0.3 is 0 Å². The second-order valence-corrected chi connectivity index (χ2v) is 8.47. The van der Waals surface area contributed by atoms with Crippen molar-refractivity contribution in [2.75, 3.05) is 0 Å². The second-order valence-electron chi connectivity index (χ2n) is 7.38. The Morgan fingerprint density at radius 2 is 0.724 bits per heavy atom. The van der Waals surface area contributed by atoms with E-state index in [0.717, 1.165) is 0 Å². The van der Waals surface area contributed by atoms with E-state index in [1.54, 1.807) is 0 Å². The van der Waals surface area contributed by atoms with E-state index < -0.39 is 0 Å². The van der Waals surface area contributed by atoms with Crippen molar-refractivity contribution in [3.05, 3.63) is 109 Å². The van der Waals surface area contributed by atoms with Crippen molar-refractivity contribution in [1.82, 2.24) is 0 Å². The molecule has 0 saturated heterocycles. The molecule has 29 heavy (non-hydrogen) atoms. The van der Waals surface area contributed by atoms with Crippen LogP contribution in [-0.4, -0.2) is 0 Å². The van der Waals surface area contributed by atoms with Crippen molar-refractivity contribution in [2.45, 2.75) is 0 Å². The van der Waals surface area contributed by atoms with Crippen LogP contribution in [0.2, 0.25) is 0 Å². The third-order valence-electron chi connectivity index (χ3n) is 5.68. The molecule has 136 valence electrons. The first-order valence-corrected chi connectivity index (χ1v) is 10.7. The molecule has 7 aromatic rings. The first-order valence-electron chi connectivity index (χ1n) is 9.87. The molecule has 0 radical (unpaired) electrons. The monoisotopic (exact) mass is 386 g/mol. The first-order chi connectivity index (χ1) is 14.4. The zero-order valence-corrected chi connectivity index (χ0v) is 16.6. The number of hydrogen-bond donors (Lipinski definition) is 0. The van der Waals surface area contributed by atoms with Crippen molar-refractivity contribution >= 4 is 63.8 Å². The summed E-state index contributed by atoms with van der Waals surface area (Å²) in [5.74, 6) is 0. The molecule has 0 amide bonds. The number of rotatable bonds is 0. The van der Waals surface area contributed by atoms with Gasteiger partial charge in [0.2, 0.25) is 0 Å². The fraction of sp³-hybridized carbons (Fsp3) is 0. The predicted molar refractivity (Wildman–Crippen MR) is 129 cm³/mol. The maximum atomic E-state index is 2.21. The molecule has 0 spiro atoms. The van der Waals surface area contributed by atoms with E-state index in [9.17, 15) is 0 Å². The van der Waals surface area contributed by atoms with Crippen molar-refractivity contribution in [3.8, 4) is 0 Å². The summed E-state index contributed by atoms with van der Waals surface area (Å²) in [7, 11) is 0. The molecule has 0 atom stereocenters. The molecule has 1 aromatic heterocycles. The molecule has 6 aromatic carbocycles. The Morgan fingerprint density at radius 1 is 0.345 bits per heavy atom. The zero-order valence-electron chi connectivity index (χ0n) is 15.8. The molecule has 0 N–H and O–H groups in total. The van der Waals surface area contributed by atoms with Crippen molar-refractivity contribution in [1.29, 1.82) is 0 Å². The highest BCUT2D eigenvalue weighted by Crippen LogP contribution is 2.34. The van der Waals surface area contributed by atoms with Crippen LogP contribution in [0.1, 0.15) is 0 Å². The van der Waals surface area contributed by atoms with Crippen LogP contribution in [0.25, 0.3) is 52.5 Å². The van der Waals surface area contributed by atoms with Crippen molar-refractivity contribution in [2.24, 2.45) is 0 Å². The molecule has 0 aliphatic rings. The Bertz CT molecular complexity index is 1420. The molecule has 0 fully saturated rings. The number of fused-ring (bicyclic) bond motifs is 3. The summed E-state index contributed by atoms with van der Waals surface area (Å²) in [5, 5.41) is 10.9. The summed E-state index contributed by atoms with van der Waals surface area (Å²) < 4.78 is 2.76. The quantitative estimate of drug-likeness (QED) is 0.229. The summed E-state index contributed by atoms with van der Waals surface area (Å²) in [6, 6.07) is 39.0. The van der Waals surface area contributed by atoms with E-state index in [0.29, 0.717) is 0 Å². The molecule has 7 rings (SSSR count). The van der Waals surface area contributed by atoms with Crippen LogP contribution in [0, 0.1) is 0 Å². The predicted octanol–water partition coefficient (Wildman–Crippen LogP) is 8.64. The minimum atomic E-state index is 1.34. The molecule has 1 heteroatoms. The average molecular weight is 387 g/mol. The van der Waals surface area contributed by atoms with E-state index in [1.165, 1.54) is 52.5 Å². The maximum Gasteiger partial charge on any atom is 0.0355 e. The molecule has 0 unspecified atom stereocenters. The minimum absolute atomic E-state index is 1.34. The van der Waals surface area contributed by atoms with Crippen molar-refractivity contribution < 1.29 is 0 Å². The van der Waals surface area contributed by atoms with Gasteiger partial charge in [0, 0.05) is 20.2 Å². The van der Waals surface area contributed by atoms with Crippen LogP contribution in [-0.2, 0) is 0 Å². The summed E-state index contributed by atoms with van der Waals surface area (Å²) in [6.45, 7) is 0. The van der Waals surface area contributed by atoms with E-state index >= 15 is 0 Å². The van der Waals surface area contributed by atoms with Crippen molar-refractivity contribution in [3.63, 3.8) is 0 Å². The van der Waals surface area contributed by atoms with Gasteiger partial charge in [0.25, 0.3) is 0 Å². The Morgan fingerprint density at radius 3 is 1.14 bits per heavy atom. The van der Waals surface area contributed by atoms with Crippen LogP contribution in [0.3, 0.4) is 0 Å². The fourth-order valence-electron chi connectivity index (χ4n) is 4.34. The van der Waals surface area contributed by atoms with Crippen LogP contribution in [0.15, 0.2) is 109 Å². The number of thiophene rings is 1. The van der Waals surface area contributed by atoms with Gasteiger partial charge in [0.15, 0.2) is 0 Å². The van der Waals surface area contributed by atoms with Crippen LogP contribution < -0.4 is 0 Å². The highest BCUT2D eigenvalue weighted by Gasteiger charge is 2.06. The average Bonchev–Trinajstić information content (AvgIpc) is 3.17. The highest BCUT2D eigenvalue weighted by atomic mass is 32.1. The molecule has 0 bridgehead atoms. The SMILES string of the molecule is c1cc2ccc3cccc4ccc(c1)c2c34.c1ccc2c(c1)sc1ccccc12. The maximum absolute atomic E-state index is 2.21. The molecular formula is C28H18S. The first kappa shape index (κ1) is 16.5. The topological polar surface area (TPSA) is 0 Å². The smallest absolute Gasteiger partial charge is 0.0355 e. The summed E-state index contributed by atoms with van der Waals surface area (Å²) in [6.07, 6.45) is 0. The lowest BCUT2D eigenvalue weighted by molar-refractivity contribution is 1.78. The summed E-state index contributed by atoms with van der Waals surface area (Å²) in [5.41, 5.74) is 0. The molecule has 0 saturated carbocycles. The Labute approximate surface area is 173 Å². The number of hydrogen-bond acceptors (Lipinski definition) is 1. The van der Waals surface area contributed by atoms with Crippen LogP contribution in [0.4, 0.5) is 0 Å². The van der Waals surface area contributed by atoms with Gasteiger partial charge in [-0.05, 0) is 44.5 Å². The minimum Gasteiger partial charge on any atom is -0.135 e. The lowest BCUT2D eigenvalue weighted by Crippen LogP contribution is -1.82. The van der Waals surface area contributed by atoms with Gasteiger partial charge in [0.1, 0.15) is 0 Å². The van der Waals surface area contributed by atoms with Crippen LogP contribution in [0.5, 0.6) is 0 Å². The van der Waals surface area contributed by atoms with Gasteiger partial charge >= 0.3 is 0 Å². The Balaban J connectivity index is 0.000000117. The fourth-order valence-corrected chi connectivity index (χ4v) is 5.45. The third-order valence-corrected chi connectivity index (χ3v) is 6.83. The normalized spacial score (nSPS) is 11.4. The second kappa shape index (κ2) is 6.58. The van der Waals surface area contributed by atoms with Crippen LogP contribution >= 0.6 is 11.3 Å². The molecule has 1 heterocycles. The van der Waals surface area contributed by atoms with E-state index in [-0.39, 0.29) is 0 Å². The Hall–Kier alpha value is -3.42. The summed E-state index contributed by atoms with van der Waals surface area (Å²) in [4.78, 5) is 0. The molecule has 0 nitrogen and oxygen atoms in total. The molecular weight excluding hydrogens is 368 g/mol. The highest BCUT2D eigenvalue weighted by molar-refractivity contribution is 7.25. The van der Waals surface area contributed by atoms with Gasteiger partial charge in [-0.25, -0.2) is 0 Å². The standard InChI is InChI=1S/C16H10.C12H8S/c1-3-11-7-9-13-5-2-6-14-10-8-12(4-1)15(11)16(13)14;1-3-7-11-9(5-1)10-6-2-4-8-12(10)13-11/h1-10H;1-8H. The van der Waals surface area contributed by atoms with E-state index in [1.807, 2.05) is 11.3 Å². The third kappa shape index (κ3) is 2.66. The van der Waals surface area contributed by atoms with Gasteiger partial charge in [-0.2, -0.15) is 0 Å². The van der Waals surface area contributed by atoms with E-state index in [4.69, 9.17) is 0 Å². The molecule has 0 aliphatic carbocycles. The van der Waals surface area contributed by atoms with Gasteiger partial charge in [-0.15, -0.1) is 11.3 Å².